The van der Waals surface area contributed by atoms with Crippen LogP contribution in [0.2, 0.25) is 0 Å². The monoisotopic (exact) mass is 300 g/mol. The van der Waals surface area contributed by atoms with Gasteiger partial charge in [0.2, 0.25) is 0 Å². The van der Waals surface area contributed by atoms with Crippen molar-refractivity contribution in [2.24, 2.45) is 5.92 Å². The summed E-state index contributed by atoms with van der Waals surface area (Å²) in [5.74, 6) is -3.17. The molecule has 1 N–H and O–H groups in total. The van der Waals surface area contributed by atoms with Crippen LogP contribution in [0.15, 0.2) is 12.1 Å². The lowest BCUT2D eigenvalue weighted by atomic mass is 10.1. The predicted molar refractivity (Wildman–Crippen MR) is 77.5 cm³/mol. The minimum absolute atomic E-state index is 0.430. The third-order valence-corrected chi connectivity index (χ3v) is 3.71. The number of rotatable bonds is 6. The van der Waals surface area contributed by atoms with E-state index in [1.807, 2.05) is 0 Å². The van der Waals surface area contributed by atoms with E-state index >= 15 is 0 Å². The fourth-order valence-corrected chi connectivity index (χ4v) is 2.90. The van der Waals surface area contributed by atoms with E-state index in [0.29, 0.717) is 24.1 Å². The minimum Gasteiger partial charge on any atom is -0.313 e. The molecule has 118 valence electrons. The summed E-state index contributed by atoms with van der Waals surface area (Å²) in [5.41, 5.74) is 0.477. The fraction of sp³-hybridized carbons (Fsp3) is 0.625. The van der Waals surface area contributed by atoms with Crippen LogP contribution in [0.3, 0.4) is 0 Å². The first-order valence-corrected chi connectivity index (χ1v) is 7.55. The zero-order chi connectivity index (χ0) is 15.4. The minimum atomic E-state index is -1.40. The lowest BCUT2D eigenvalue weighted by Gasteiger charge is -2.27. The highest BCUT2D eigenvalue weighted by Crippen LogP contribution is 2.17. The third-order valence-electron chi connectivity index (χ3n) is 3.71. The summed E-state index contributed by atoms with van der Waals surface area (Å²) in [6, 6.07) is 2.61. The molecule has 1 aromatic carbocycles. The van der Waals surface area contributed by atoms with Crippen molar-refractivity contribution in [2.45, 2.75) is 39.3 Å². The van der Waals surface area contributed by atoms with Crippen molar-refractivity contribution in [2.75, 3.05) is 19.6 Å². The van der Waals surface area contributed by atoms with Gasteiger partial charge in [0.15, 0.2) is 17.5 Å². The van der Waals surface area contributed by atoms with Gasteiger partial charge in [-0.25, -0.2) is 13.2 Å². The molecule has 0 bridgehead atoms. The molecule has 1 fully saturated rings. The number of benzene rings is 1. The van der Waals surface area contributed by atoms with E-state index in [1.54, 1.807) is 0 Å². The zero-order valence-corrected chi connectivity index (χ0v) is 12.6. The van der Waals surface area contributed by atoms with Crippen molar-refractivity contribution in [3.05, 3.63) is 35.1 Å². The molecule has 2 nitrogen and oxygen atoms in total. The Labute approximate surface area is 124 Å². The quantitative estimate of drug-likeness (QED) is 0.811. The van der Waals surface area contributed by atoms with Gasteiger partial charge in [0, 0.05) is 25.7 Å². The number of nitrogens with one attached hydrogen (secondary N) is 1. The Kier molecular flexibility index (Phi) is 5.65. The Morgan fingerprint density at radius 2 is 1.90 bits per heavy atom. The Morgan fingerprint density at radius 1 is 1.24 bits per heavy atom. The zero-order valence-electron chi connectivity index (χ0n) is 12.6. The summed E-state index contributed by atoms with van der Waals surface area (Å²) in [6.45, 7) is 7.38. The summed E-state index contributed by atoms with van der Waals surface area (Å²) in [5, 5.41) is 3.43. The van der Waals surface area contributed by atoms with E-state index in [1.165, 1.54) is 6.42 Å². The van der Waals surface area contributed by atoms with Gasteiger partial charge < -0.3 is 5.32 Å². The molecule has 0 spiro atoms. The van der Waals surface area contributed by atoms with Crippen molar-refractivity contribution >= 4 is 0 Å². The summed E-state index contributed by atoms with van der Waals surface area (Å²) < 4.78 is 39.6. The Bertz CT molecular complexity index is 448. The molecule has 0 saturated carbocycles. The van der Waals surface area contributed by atoms with E-state index in [0.717, 1.165) is 38.2 Å². The first-order chi connectivity index (χ1) is 9.95. The van der Waals surface area contributed by atoms with Crippen molar-refractivity contribution in [1.29, 1.82) is 0 Å². The molecular weight excluding hydrogens is 277 g/mol. The smallest absolute Gasteiger partial charge is 0.194 e. The van der Waals surface area contributed by atoms with Crippen molar-refractivity contribution < 1.29 is 13.2 Å². The summed E-state index contributed by atoms with van der Waals surface area (Å²) in [4.78, 5) is 2.18. The lowest BCUT2D eigenvalue weighted by molar-refractivity contribution is 0.215. The van der Waals surface area contributed by atoms with E-state index in [4.69, 9.17) is 0 Å². The third kappa shape index (κ3) is 4.71. The average molecular weight is 300 g/mol. The summed E-state index contributed by atoms with van der Waals surface area (Å²) >= 11 is 0. The van der Waals surface area contributed by atoms with Crippen LogP contribution in [0, 0.1) is 23.4 Å². The normalized spacial score (nSPS) is 18.9. The molecule has 0 radical (unpaired) electrons. The maximum absolute atomic E-state index is 13.3. The van der Waals surface area contributed by atoms with Gasteiger partial charge >= 0.3 is 0 Å². The van der Waals surface area contributed by atoms with Gasteiger partial charge in [-0.3, -0.25) is 4.90 Å². The molecule has 0 aromatic heterocycles. The standard InChI is InChI=1S/C16H23F3N2/c1-11(2)8-21(10-13-4-3-5-20-13)9-12-6-14(17)16(19)15(18)7-12/h6-7,11,13,20H,3-5,8-10H2,1-2H3. The van der Waals surface area contributed by atoms with Gasteiger partial charge in [-0.15, -0.1) is 0 Å². The van der Waals surface area contributed by atoms with Gasteiger partial charge in [0.1, 0.15) is 0 Å². The molecule has 1 heterocycles. The molecule has 0 amide bonds. The first kappa shape index (κ1) is 16.3. The largest absolute Gasteiger partial charge is 0.313 e. The van der Waals surface area contributed by atoms with Gasteiger partial charge in [-0.2, -0.15) is 0 Å². The van der Waals surface area contributed by atoms with E-state index in [-0.39, 0.29) is 0 Å². The molecule has 1 unspecified atom stereocenters. The molecule has 1 saturated heterocycles. The van der Waals surface area contributed by atoms with Crippen LogP contribution in [-0.2, 0) is 6.54 Å². The number of hydrogen-bond acceptors (Lipinski definition) is 2. The highest BCUT2D eigenvalue weighted by atomic mass is 19.2. The molecule has 1 atom stereocenters. The second-order valence-electron chi connectivity index (χ2n) is 6.25. The molecule has 1 aliphatic rings. The topological polar surface area (TPSA) is 15.3 Å². The number of halogens is 3. The molecule has 2 rings (SSSR count). The van der Waals surface area contributed by atoms with Crippen LogP contribution in [0.5, 0.6) is 0 Å². The summed E-state index contributed by atoms with van der Waals surface area (Å²) in [6.07, 6.45) is 2.29. The number of hydrogen-bond donors (Lipinski definition) is 1. The fourth-order valence-electron chi connectivity index (χ4n) is 2.90. The second kappa shape index (κ2) is 7.27. The highest BCUT2D eigenvalue weighted by Gasteiger charge is 2.20. The molecule has 1 aliphatic heterocycles. The average Bonchev–Trinajstić information content (AvgIpc) is 2.87. The molecule has 21 heavy (non-hydrogen) atoms. The Morgan fingerprint density at radius 3 is 2.43 bits per heavy atom. The van der Waals surface area contributed by atoms with Gasteiger partial charge in [0.25, 0.3) is 0 Å². The van der Waals surface area contributed by atoms with Crippen molar-refractivity contribution in [1.82, 2.24) is 10.2 Å². The maximum atomic E-state index is 13.3. The molecule has 0 aliphatic carbocycles. The Balaban J connectivity index is 2.06. The van der Waals surface area contributed by atoms with Gasteiger partial charge in [0.05, 0.1) is 0 Å². The van der Waals surface area contributed by atoms with Gasteiger partial charge in [-0.1, -0.05) is 13.8 Å². The first-order valence-electron chi connectivity index (χ1n) is 7.55. The van der Waals surface area contributed by atoms with E-state index in [9.17, 15) is 13.2 Å². The van der Waals surface area contributed by atoms with Crippen molar-refractivity contribution in [3.8, 4) is 0 Å². The van der Waals surface area contributed by atoms with E-state index < -0.39 is 17.5 Å². The predicted octanol–water partition coefficient (Wildman–Crippen LogP) is 3.31. The van der Waals surface area contributed by atoms with Crippen molar-refractivity contribution in [3.63, 3.8) is 0 Å². The van der Waals surface area contributed by atoms with Crippen LogP contribution in [0.1, 0.15) is 32.3 Å². The number of nitrogens with zero attached hydrogens (tertiary/aromatic N) is 1. The highest BCUT2D eigenvalue weighted by molar-refractivity contribution is 5.19. The second-order valence-corrected chi connectivity index (χ2v) is 6.25. The van der Waals surface area contributed by atoms with Crippen LogP contribution >= 0.6 is 0 Å². The van der Waals surface area contributed by atoms with Crippen LogP contribution in [-0.4, -0.2) is 30.6 Å². The molecule has 1 aromatic rings. The van der Waals surface area contributed by atoms with E-state index in [2.05, 4.69) is 24.1 Å². The van der Waals surface area contributed by atoms with Crippen LogP contribution < -0.4 is 5.32 Å². The lowest BCUT2D eigenvalue weighted by Crippen LogP contribution is -2.39. The molecular formula is C16H23F3N2. The maximum Gasteiger partial charge on any atom is 0.194 e. The van der Waals surface area contributed by atoms with Crippen LogP contribution in [0.4, 0.5) is 13.2 Å². The van der Waals surface area contributed by atoms with Crippen LogP contribution in [0.25, 0.3) is 0 Å². The van der Waals surface area contributed by atoms with Gasteiger partial charge in [-0.05, 0) is 43.0 Å². The SMILES string of the molecule is CC(C)CN(Cc1cc(F)c(F)c(F)c1)CC1CCCN1. The summed E-state index contributed by atoms with van der Waals surface area (Å²) in [7, 11) is 0. The molecule has 5 heteroatoms. The Hall–Kier alpha value is -1.07.